The molecule has 2 aliphatic rings. The first kappa shape index (κ1) is 10.7. The minimum atomic E-state index is 0.289. The lowest BCUT2D eigenvalue weighted by molar-refractivity contribution is 0.171. The molecule has 1 atom stereocenters. The van der Waals surface area contributed by atoms with E-state index in [4.69, 9.17) is 15.2 Å². The molecule has 0 unspecified atom stereocenters. The van der Waals surface area contributed by atoms with Crippen LogP contribution >= 0.6 is 0 Å². The smallest absolute Gasteiger partial charge is 0.163 e. The number of rotatable bonds is 1. The van der Waals surface area contributed by atoms with Gasteiger partial charge in [-0.1, -0.05) is 0 Å². The standard InChI is InChI=1S/C13H18N2O2/c14-10-2-1-5-15(9-10)11-3-4-12-13(8-11)17-7-6-16-12/h3-4,8,10H,1-2,5-7,9,14H2/t10-/m0/s1. The van der Waals surface area contributed by atoms with Crippen LogP contribution in [-0.4, -0.2) is 32.3 Å². The lowest BCUT2D eigenvalue weighted by Gasteiger charge is -2.33. The molecular weight excluding hydrogens is 216 g/mol. The molecule has 1 saturated heterocycles. The quantitative estimate of drug-likeness (QED) is 0.797. The molecular formula is C13H18N2O2. The molecule has 4 nitrogen and oxygen atoms in total. The van der Waals surface area contributed by atoms with E-state index in [1.54, 1.807) is 0 Å². The van der Waals surface area contributed by atoms with Crippen molar-refractivity contribution in [3.8, 4) is 11.5 Å². The Balaban J connectivity index is 1.83. The normalized spacial score (nSPS) is 23.6. The summed E-state index contributed by atoms with van der Waals surface area (Å²) in [4.78, 5) is 2.33. The van der Waals surface area contributed by atoms with E-state index in [-0.39, 0.29) is 6.04 Å². The number of anilines is 1. The van der Waals surface area contributed by atoms with Crippen molar-refractivity contribution in [1.82, 2.24) is 0 Å². The van der Waals surface area contributed by atoms with E-state index in [0.717, 1.165) is 37.4 Å². The molecule has 2 N–H and O–H groups in total. The third-order valence-corrected chi connectivity index (χ3v) is 3.35. The molecule has 0 bridgehead atoms. The monoisotopic (exact) mass is 234 g/mol. The second-order valence-corrected chi connectivity index (χ2v) is 4.68. The first-order valence-corrected chi connectivity index (χ1v) is 6.23. The lowest BCUT2D eigenvalue weighted by atomic mass is 10.1. The number of nitrogens with zero attached hydrogens (tertiary/aromatic N) is 1. The summed E-state index contributed by atoms with van der Waals surface area (Å²) >= 11 is 0. The highest BCUT2D eigenvalue weighted by Crippen LogP contribution is 2.34. The zero-order valence-electron chi connectivity index (χ0n) is 9.89. The minimum Gasteiger partial charge on any atom is -0.486 e. The van der Waals surface area contributed by atoms with Crippen molar-refractivity contribution in [2.45, 2.75) is 18.9 Å². The van der Waals surface area contributed by atoms with Crippen molar-refractivity contribution in [2.24, 2.45) is 5.73 Å². The number of hydrogen-bond acceptors (Lipinski definition) is 4. The van der Waals surface area contributed by atoms with Crippen LogP contribution in [-0.2, 0) is 0 Å². The highest BCUT2D eigenvalue weighted by Gasteiger charge is 2.19. The number of nitrogens with two attached hydrogens (primary N) is 1. The maximum Gasteiger partial charge on any atom is 0.163 e. The van der Waals surface area contributed by atoms with Crippen LogP contribution in [0.5, 0.6) is 11.5 Å². The van der Waals surface area contributed by atoms with Crippen LogP contribution in [0.25, 0.3) is 0 Å². The Morgan fingerprint density at radius 1 is 1.18 bits per heavy atom. The molecule has 2 heterocycles. The fourth-order valence-corrected chi connectivity index (χ4v) is 2.47. The molecule has 3 rings (SSSR count). The SMILES string of the molecule is N[C@H]1CCCN(c2ccc3c(c2)OCCO3)C1. The van der Waals surface area contributed by atoms with Crippen molar-refractivity contribution in [2.75, 3.05) is 31.2 Å². The van der Waals surface area contributed by atoms with Gasteiger partial charge in [-0.25, -0.2) is 0 Å². The summed E-state index contributed by atoms with van der Waals surface area (Å²) in [6.45, 7) is 3.28. The Morgan fingerprint density at radius 2 is 2.00 bits per heavy atom. The van der Waals surface area contributed by atoms with Gasteiger partial charge in [0.05, 0.1) is 0 Å². The molecule has 0 aliphatic carbocycles. The maximum absolute atomic E-state index is 6.00. The van der Waals surface area contributed by atoms with E-state index in [1.807, 2.05) is 6.07 Å². The van der Waals surface area contributed by atoms with Crippen LogP contribution in [0, 0.1) is 0 Å². The van der Waals surface area contributed by atoms with Gasteiger partial charge < -0.3 is 20.1 Å². The number of fused-ring (bicyclic) bond motifs is 1. The molecule has 0 aromatic heterocycles. The molecule has 17 heavy (non-hydrogen) atoms. The summed E-state index contributed by atoms with van der Waals surface area (Å²) in [5.74, 6) is 1.70. The average molecular weight is 234 g/mol. The minimum absolute atomic E-state index is 0.289. The van der Waals surface area contributed by atoms with Gasteiger partial charge in [-0.2, -0.15) is 0 Å². The summed E-state index contributed by atoms with van der Waals surface area (Å²) in [5, 5.41) is 0. The van der Waals surface area contributed by atoms with E-state index < -0.39 is 0 Å². The van der Waals surface area contributed by atoms with Crippen molar-refractivity contribution >= 4 is 5.69 Å². The molecule has 0 saturated carbocycles. The third-order valence-electron chi connectivity index (χ3n) is 3.35. The van der Waals surface area contributed by atoms with E-state index >= 15 is 0 Å². The van der Waals surface area contributed by atoms with Gasteiger partial charge in [-0.3, -0.25) is 0 Å². The summed E-state index contributed by atoms with van der Waals surface area (Å²) in [7, 11) is 0. The Kier molecular flexibility index (Phi) is 2.81. The molecule has 1 fully saturated rings. The summed E-state index contributed by atoms with van der Waals surface area (Å²) in [6.07, 6.45) is 2.29. The van der Waals surface area contributed by atoms with Crippen LogP contribution in [0.2, 0.25) is 0 Å². The fraction of sp³-hybridized carbons (Fsp3) is 0.538. The molecule has 0 radical (unpaired) electrons. The highest BCUT2D eigenvalue weighted by atomic mass is 16.6. The predicted octanol–water partition coefficient (Wildman–Crippen LogP) is 1.39. The number of ether oxygens (including phenoxy) is 2. The van der Waals surface area contributed by atoms with Gasteiger partial charge in [0.2, 0.25) is 0 Å². The molecule has 4 heteroatoms. The van der Waals surface area contributed by atoms with Gasteiger partial charge in [-0.15, -0.1) is 0 Å². The highest BCUT2D eigenvalue weighted by molar-refractivity contribution is 5.57. The Labute approximate surface area is 101 Å². The Bertz CT molecular complexity index is 408. The number of piperidine rings is 1. The molecule has 2 aliphatic heterocycles. The van der Waals surface area contributed by atoms with E-state index in [0.29, 0.717) is 13.2 Å². The zero-order chi connectivity index (χ0) is 11.7. The van der Waals surface area contributed by atoms with E-state index in [2.05, 4.69) is 17.0 Å². The van der Waals surface area contributed by atoms with Crippen LogP contribution in [0.15, 0.2) is 18.2 Å². The fourth-order valence-electron chi connectivity index (χ4n) is 2.47. The van der Waals surface area contributed by atoms with Crippen molar-refractivity contribution in [3.63, 3.8) is 0 Å². The summed E-state index contributed by atoms with van der Waals surface area (Å²) < 4.78 is 11.1. The van der Waals surface area contributed by atoms with Crippen molar-refractivity contribution in [1.29, 1.82) is 0 Å². The molecule has 0 spiro atoms. The predicted molar refractivity (Wildman–Crippen MR) is 66.9 cm³/mol. The Morgan fingerprint density at radius 3 is 2.82 bits per heavy atom. The van der Waals surface area contributed by atoms with Gasteiger partial charge in [0, 0.05) is 30.9 Å². The first-order valence-electron chi connectivity index (χ1n) is 6.23. The zero-order valence-corrected chi connectivity index (χ0v) is 9.89. The van der Waals surface area contributed by atoms with Gasteiger partial charge in [0.25, 0.3) is 0 Å². The van der Waals surface area contributed by atoms with Crippen LogP contribution in [0.1, 0.15) is 12.8 Å². The second kappa shape index (κ2) is 4.45. The molecule has 1 aromatic carbocycles. The van der Waals surface area contributed by atoms with Crippen molar-refractivity contribution < 1.29 is 9.47 Å². The van der Waals surface area contributed by atoms with Crippen LogP contribution < -0.4 is 20.1 Å². The first-order chi connectivity index (χ1) is 8.33. The number of hydrogen-bond donors (Lipinski definition) is 1. The van der Waals surface area contributed by atoms with E-state index in [1.165, 1.54) is 5.69 Å². The maximum atomic E-state index is 6.00. The van der Waals surface area contributed by atoms with E-state index in [9.17, 15) is 0 Å². The third kappa shape index (κ3) is 2.17. The summed E-state index contributed by atoms with van der Waals surface area (Å²) in [5.41, 5.74) is 7.19. The number of benzene rings is 1. The second-order valence-electron chi connectivity index (χ2n) is 4.68. The Hall–Kier alpha value is -1.42. The lowest BCUT2D eigenvalue weighted by Crippen LogP contribution is -2.42. The topological polar surface area (TPSA) is 47.7 Å². The van der Waals surface area contributed by atoms with Gasteiger partial charge in [0.15, 0.2) is 11.5 Å². The largest absolute Gasteiger partial charge is 0.486 e. The molecule has 1 aromatic rings. The van der Waals surface area contributed by atoms with Crippen molar-refractivity contribution in [3.05, 3.63) is 18.2 Å². The molecule has 92 valence electrons. The van der Waals surface area contributed by atoms with Gasteiger partial charge in [0.1, 0.15) is 13.2 Å². The van der Waals surface area contributed by atoms with Crippen LogP contribution in [0.4, 0.5) is 5.69 Å². The molecule has 0 amide bonds. The summed E-state index contributed by atoms with van der Waals surface area (Å²) in [6, 6.07) is 6.43. The average Bonchev–Trinajstić information content (AvgIpc) is 2.38. The van der Waals surface area contributed by atoms with Crippen LogP contribution in [0.3, 0.4) is 0 Å². The van der Waals surface area contributed by atoms with Gasteiger partial charge >= 0.3 is 0 Å². The van der Waals surface area contributed by atoms with Gasteiger partial charge in [-0.05, 0) is 25.0 Å².